The molecule has 2 rings (SSSR count). The van der Waals surface area contributed by atoms with E-state index in [1.807, 2.05) is 12.1 Å². The van der Waals surface area contributed by atoms with Crippen molar-refractivity contribution in [3.63, 3.8) is 0 Å². The molecule has 0 atom stereocenters. The Labute approximate surface area is 107 Å². The second-order valence-corrected chi connectivity index (χ2v) is 4.80. The van der Waals surface area contributed by atoms with Crippen LogP contribution in [0.5, 0.6) is 0 Å². The van der Waals surface area contributed by atoms with Crippen LogP contribution in [-0.2, 0) is 6.42 Å². The molecule has 4 nitrogen and oxygen atoms in total. The van der Waals surface area contributed by atoms with Crippen LogP contribution in [0.15, 0.2) is 22.8 Å². The lowest BCUT2D eigenvalue weighted by Crippen LogP contribution is -2.05. The van der Waals surface area contributed by atoms with Crippen molar-refractivity contribution in [3.8, 4) is 0 Å². The molecule has 2 heterocycles. The van der Waals surface area contributed by atoms with E-state index in [-0.39, 0.29) is 5.69 Å². The first-order valence-corrected chi connectivity index (χ1v) is 6.32. The Bertz CT molecular complexity index is 563. The minimum Gasteiger partial charge on any atom is -0.477 e. The molecule has 0 aliphatic rings. The van der Waals surface area contributed by atoms with Crippen molar-refractivity contribution in [3.05, 3.63) is 34.2 Å². The number of carboxylic acids is 1. The van der Waals surface area contributed by atoms with E-state index in [1.54, 1.807) is 10.6 Å². The van der Waals surface area contributed by atoms with Gasteiger partial charge in [0.25, 0.3) is 0 Å². The van der Waals surface area contributed by atoms with Crippen LogP contribution in [0.25, 0.3) is 5.65 Å². The van der Waals surface area contributed by atoms with Gasteiger partial charge in [-0.2, -0.15) is 0 Å². The van der Waals surface area contributed by atoms with Gasteiger partial charge in [-0.25, -0.2) is 9.78 Å². The van der Waals surface area contributed by atoms with Crippen molar-refractivity contribution < 1.29 is 9.90 Å². The summed E-state index contributed by atoms with van der Waals surface area (Å²) in [4.78, 5) is 15.7. The summed E-state index contributed by atoms with van der Waals surface area (Å²) in [5, 5.41) is 9.25. The van der Waals surface area contributed by atoms with Crippen LogP contribution >= 0.6 is 15.9 Å². The SMILES string of the molecule is CCCCc1nc2cc(Br)ccn2c1C(=O)O. The monoisotopic (exact) mass is 296 g/mol. The standard InChI is InChI=1S/C12H13BrN2O2/c1-2-3-4-9-11(12(16)17)15-6-5-8(13)7-10(15)14-9/h5-7H,2-4H2,1H3,(H,16,17). The van der Waals surface area contributed by atoms with Crippen LogP contribution in [0.4, 0.5) is 0 Å². The molecule has 2 aromatic rings. The molecular weight excluding hydrogens is 284 g/mol. The Kier molecular flexibility index (Phi) is 3.47. The van der Waals surface area contributed by atoms with Crippen LogP contribution in [0.1, 0.15) is 35.9 Å². The number of rotatable bonds is 4. The number of pyridine rings is 1. The minimum atomic E-state index is -0.925. The fourth-order valence-electron chi connectivity index (χ4n) is 1.81. The van der Waals surface area contributed by atoms with E-state index in [4.69, 9.17) is 0 Å². The summed E-state index contributed by atoms with van der Waals surface area (Å²) in [5.41, 5.74) is 1.61. The molecule has 0 spiro atoms. The summed E-state index contributed by atoms with van der Waals surface area (Å²) < 4.78 is 2.52. The number of halogens is 1. The molecule has 0 unspecified atom stereocenters. The zero-order valence-corrected chi connectivity index (χ0v) is 11.1. The first kappa shape index (κ1) is 12.1. The maximum absolute atomic E-state index is 11.3. The Morgan fingerprint density at radius 3 is 3.00 bits per heavy atom. The molecule has 1 N–H and O–H groups in total. The summed E-state index contributed by atoms with van der Waals surface area (Å²) in [6.45, 7) is 2.08. The quantitative estimate of drug-likeness (QED) is 0.943. The maximum Gasteiger partial charge on any atom is 0.354 e. The predicted octanol–water partition coefficient (Wildman–Crippen LogP) is 3.14. The van der Waals surface area contributed by atoms with Gasteiger partial charge in [-0.05, 0) is 25.0 Å². The highest BCUT2D eigenvalue weighted by molar-refractivity contribution is 9.10. The number of aryl methyl sites for hydroxylation is 1. The van der Waals surface area contributed by atoms with Crippen LogP contribution < -0.4 is 0 Å². The highest BCUT2D eigenvalue weighted by Crippen LogP contribution is 2.18. The Balaban J connectivity index is 2.57. The molecule has 5 heteroatoms. The fraction of sp³-hybridized carbons (Fsp3) is 0.333. The van der Waals surface area contributed by atoms with E-state index in [1.165, 1.54) is 0 Å². The van der Waals surface area contributed by atoms with Crippen LogP contribution in [0, 0.1) is 0 Å². The first-order valence-electron chi connectivity index (χ1n) is 5.53. The second-order valence-electron chi connectivity index (χ2n) is 3.89. The fourth-order valence-corrected chi connectivity index (χ4v) is 2.14. The Morgan fingerprint density at radius 1 is 1.59 bits per heavy atom. The average molecular weight is 297 g/mol. The lowest BCUT2D eigenvalue weighted by atomic mass is 10.2. The smallest absolute Gasteiger partial charge is 0.354 e. The summed E-state index contributed by atoms with van der Waals surface area (Å²) in [5.74, 6) is -0.925. The Morgan fingerprint density at radius 2 is 2.35 bits per heavy atom. The zero-order chi connectivity index (χ0) is 12.4. The van der Waals surface area contributed by atoms with Crippen molar-refractivity contribution in [2.45, 2.75) is 26.2 Å². The summed E-state index contributed by atoms with van der Waals surface area (Å²) in [6, 6.07) is 3.63. The topological polar surface area (TPSA) is 54.6 Å². The summed E-state index contributed by atoms with van der Waals surface area (Å²) in [7, 11) is 0. The molecule has 0 amide bonds. The van der Waals surface area contributed by atoms with Crippen molar-refractivity contribution in [1.29, 1.82) is 0 Å². The number of unbranched alkanes of at least 4 members (excludes halogenated alkanes) is 1. The third kappa shape index (κ3) is 2.34. The van der Waals surface area contributed by atoms with Gasteiger partial charge in [0.2, 0.25) is 0 Å². The number of nitrogens with zero attached hydrogens (tertiary/aromatic N) is 2. The molecule has 0 bridgehead atoms. The van der Waals surface area contributed by atoms with E-state index in [2.05, 4.69) is 27.8 Å². The molecule has 0 saturated carbocycles. The number of carbonyl (C=O) groups is 1. The summed E-state index contributed by atoms with van der Waals surface area (Å²) in [6.07, 6.45) is 4.41. The van der Waals surface area contributed by atoms with Gasteiger partial charge < -0.3 is 5.11 Å². The van der Waals surface area contributed by atoms with Gasteiger partial charge in [0, 0.05) is 10.7 Å². The Hall–Kier alpha value is -1.36. The first-order chi connectivity index (χ1) is 8.13. The number of carboxylic acid groups (broad SMARTS) is 1. The number of hydrogen-bond donors (Lipinski definition) is 1. The van der Waals surface area contributed by atoms with Crippen LogP contribution in [-0.4, -0.2) is 20.5 Å². The van der Waals surface area contributed by atoms with Gasteiger partial charge >= 0.3 is 5.97 Å². The molecular formula is C12H13BrN2O2. The predicted molar refractivity (Wildman–Crippen MR) is 68.5 cm³/mol. The van der Waals surface area contributed by atoms with Crippen LogP contribution in [0.2, 0.25) is 0 Å². The molecule has 0 aliphatic heterocycles. The van der Waals surface area contributed by atoms with Gasteiger partial charge in [-0.1, -0.05) is 29.3 Å². The zero-order valence-electron chi connectivity index (χ0n) is 9.48. The molecule has 0 aromatic carbocycles. The minimum absolute atomic E-state index is 0.279. The van der Waals surface area contributed by atoms with E-state index in [0.717, 1.165) is 17.3 Å². The van der Waals surface area contributed by atoms with E-state index in [9.17, 15) is 9.90 Å². The second kappa shape index (κ2) is 4.87. The van der Waals surface area contributed by atoms with E-state index in [0.29, 0.717) is 17.8 Å². The molecule has 0 saturated heterocycles. The van der Waals surface area contributed by atoms with Gasteiger partial charge in [0.05, 0.1) is 5.69 Å². The molecule has 2 aromatic heterocycles. The largest absolute Gasteiger partial charge is 0.477 e. The number of aromatic nitrogens is 2. The number of aromatic carboxylic acids is 1. The van der Waals surface area contributed by atoms with Crippen molar-refractivity contribution in [1.82, 2.24) is 9.38 Å². The molecule has 0 radical (unpaired) electrons. The third-order valence-electron chi connectivity index (χ3n) is 2.63. The highest BCUT2D eigenvalue weighted by atomic mass is 79.9. The van der Waals surface area contributed by atoms with E-state index >= 15 is 0 Å². The average Bonchev–Trinajstić information content (AvgIpc) is 2.63. The third-order valence-corrected chi connectivity index (χ3v) is 3.12. The highest BCUT2D eigenvalue weighted by Gasteiger charge is 2.17. The number of hydrogen-bond acceptors (Lipinski definition) is 2. The molecule has 0 aliphatic carbocycles. The van der Waals surface area contributed by atoms with Crippen molar-refractivity contribution in [2.75, 3.05) is 0 Å². The normalized spacial score (nSPS) is 10.9. The molecule has 0 fully saturated rings. The number of fused-ring (bicyclic) bond motifs is 1. The maximum atomic E-state index is 11.3. The summed E-state index contributed by atoms with van der Waals surface area (Å²) >= 11 is 3.36. The van der Waals surface area contributed by atoms with Gasteiger partial charge in [-0.3, -0.25) is 4.40 Å². The molecule has 17 heavy (non-hydrogen) atoms. The van der Waals surface area contributed by atoms with E-state index < -0.39 is 5.97 Å². The van der Waals surface area contributed by atoms with Crippen LogP contribution in [0.3, 0.4) is 0 Å². The lowest BCUT2D eigenvalue weighted by Gasteiger charge is -1.99. The van der Waals surface area contributed by atoms with Gasteiger partial charge in [0.15, 0.2) is 5.69 Å². The van der Waals surface area contributed by atoms with Crippen molar-refractivity contribution >= 4 is 27.5 Å². The van der Waals surface area contributed by atoms with Crippen molar-refractivity contribution in [2.24, 2.45) is 0 Å². The number of imidazole rings is 1. The lowest BCUT2D eigenvalue weighted by molar-refractivity contribution is 0.0688. The molecule has 90 valence electrons. The van der Waals surface area contributed by atoms with Gasteiger partial charge in [-0.15, -0.1) is 0 Å². The van der Waals surface area contributed by atoms with Gasteiger partial charge in [0.1, 0.15) is 5.65 Å².